The lowest BCUT2D eigenvalue weighted by Crippen LogP contribution is -2.04. The maximum absolute atomic E-state index is 5.46. The van der Waals surface area contributed by atoms with Crippen LogP contribution in [-0.4, -0.2) is 14.5 Å². The van der Waals surface area contributed by atoms with E-state index in [1.54, 1.807) is 6.08 Å². The zero-order chi connectivity index (χ0) is 35.3. The van der Waals surface area contributed by atoms with Crippen molar-refractivity contribution >= 4 is 92.6 Å². The second-order valence-corrected chi connectivity index (χ2v) is 13.9. The molecule has 0 radical (unpaired) electrons. The number of thiophene rings is 1. The van der Waals surface area contributed by atoms with Gasteiger partial charge in [-0.1, -0.05) is 153 Å². The van der Waals surface area contributed by atoms with Gasteiger partial charge < -0.3 is 0 Å². The third kappa shape index (κ3) is 4.72. The summed E-state index contributed by atoms with van der Waals surface area (Å²) in [5.41, 5.74) is 7.34. The fourth-order valence-electron chi connectivity index (χ4n) is 7.87. The minimum atomic E-state index is 0.670. The van der Waals surface area contributed by atoms with E-state index < -0.39 is 0 Å². The second-order valence-electron chi connectivity index (χ2n) is 12.8. The third-order valence-electron chi connectivity index (χ3n) is 10.0. The number of hydrogen-bond acceptors (Lipinski definition) is 3. The van der Waals surface area contributed by atoms with Crippen molar-refractivity contribution < 1.29 is 0 Å². The summed E-state index contributed by atoms with van der Waals surface area (Å²) in [6.45, 7) is 12.4. The molecular formula is C48H35N3S. The van der Waals surface area contributed by atoms with Crippen LogP contribution in [0.15, 0.2) is 153 Å². The number of fused-ring (bicyclic) bond motifs is 12. The molecule has 0 unspecified atom stereocenters. The highest BCUT2D eigenvalue weighted by atomic mass is 32.1. The Balaban J connectivity index is 1.61. The number of nitrogens with zero attached hydrogens (tertiary/aromatic N) is 3. The Morgan fingerprint density at radius 1 is 0.673 bits per heavy atom. The minimum Gasteiger partial charge on any atom is -0.292 e. The second kappa shape index (κ2) is 12.8. The fourth-order valence-corrected chi connectivity index (χ4v) is 9.13. The number of hydrogen-bond donors (Lipinski definition) is 0. The van der Waals surface area contributed by atoms with Crippen molar-refractivity contribution in [2.75, 3.05) is 0 Å². The highest BCUT2D eigenvalue weighted by molar-refractivity contribution is 7.27. The Bertz CT molecular complexity index is 3010. The van der Waals surface area contributed by atoms with E-state index in [2.05, 4.69) is 140 Å². The highest BCUT2D eigenvalue weighted by Gasteiger charge is 2.27. The van der Waals surface area contributed by atoms with E-state index in [4.69, 9.17) is 9.97 Å². The molecule has 3 heterocycles. The Hall–Kier alpha value is -6.36. The minimum absolute atomic E-state index is 0.670. The average Bonchev–Trinajstić information content (AvgIpc) is 3.76. The van der Waals surface area contributed by atoms with Gasteiger partial charge in [0, 0.05) is 43.3 Å². The maximum Gasteiger partial charge on any atom is 0.162 e. The van der Waals surface area contributed by atoms with Crippen molar-refractivity contribution in [2.45, 2.75) is 13.8 Å². The molecule has 6 aromatic carbocycles. The van der Waals surface area contributed by atoms with Gasteiger partial charge in [0.25, 0.3) is 0 Å². The largest absolute Gasteiger partial charge is 0.292 e. The molecule has 0 aliphatic rings. The number of allylic oxidation sites excluding steroid dienone is 6. The molecule has 3 aromatic heterocycles. The van der Waals surface area contributed by atoms with Crippen molar-refractivity contribution in [2.24, 2.45) is 0 Å². The molecule has 0 atom stereocenters. The van der Waals surface area contributed by atoms with Crippen LogP contribution in [-0.2, 0) is 0 Å². The molecule has 0 saturated carbocycles. The summed E-state index contributed by atoms with van der Waals surface area (Å²) in [5.74, 6) is 1.48. The number of aromatic nitrogens is 3. The van der Waals surface area contributed by atoms with Crippen LogP contribution in [0.5, 0.6) is 0 Å². The van der Waals surface area contributed by atoms with Crippen molar-refractivity contribution in [3.05, 3.63) is 170 Å². The smallest absolute Gasteiger partial charge is 0.162 e. The van der Waals surface area contributed by atoms with Crippen molar-refractivity contribution in [3.8, 4) is 17.2 Å². The van der Waals surface area contributed by atoms with Crippen LogP contribution in [0.4, 0.5) is 0 Å². The van der Waals surface area contributed by atoms with E-state index in [9.17, 15) is 0 Å². The van der Waals surface area contributed by atoms with Crippen molar-refractivity contribution in [1.29, 1.82) is 0 Å². The lowest BCUT2D eigenvalue weighted by atomic mass is 9.91. The first-order chi connectivity index (χ1) is 25.7. The molecule has 3 nitrogen and oxygen atoms in total. The monoisotopic (exact) mass is 685 g/mol. The van der Waals surface area contributed by atoms with Crippen LogP contribution in [0.1, 0.15) is 30.7 Å². The molecule has 9 rings (SSSR count). The van der Waals surface area contributed by atoms with Gasteiger partial charge in [-0.05, 0) is 52.8 Å². The standard InChI is InChI=1S/C48H35N3S/c1-5-9-20-30(7-3)39-29-41(50-48(49-39)31-21-11-10-12-22-31)51-45-37-26-16-13-23-33(37)32(8-4)34(19-6-2)43(45)44-36-25-15-14-24-35(36)42-38-27-17-18-28-40(38)52-47(42)46(44)51/h5-29H,1,4H2,2-3H3/b19-6-,20-9-,30-7+. The van der Waals surface area contributed by atoms with Crippen molar-refractivity contribution in [3.63, 3.8) is 0 Å². The van der Waals surface area contributed by atoms with Crippen LogP contribution in [0, 0.1) is 0 Å². The first kappa shape index (κ1) is 31.6. The molecule has 0 spiro atoms. The number of benzene rings is 6. The van der Waals surface area contributed by atoms with Gasteiger partial charge in [0.05, 0.1) is 21.4 Å². The lowest BCUT2D eigenvalue weighted by molar-refractivity contribution is 1.04. The Morgan fingerprint density at radius 2 is 1.35 bits per heavy atom. The quantitative estimate of drug-likeness (QED) is 0.156. The van der Waals surface area contributed by atoms with Gasteiger partial charge in [0.1, 0.15) is 5.82 Å². The first-order valence-electron chi connectivity index (χ1n) is 17.6. The zero-order valence-electron chi connectivity index (χ0n) is 29.1. The Morgan fingerprint density at radius 3 is 2.06 bits per heavy atom. The van der Waals surface area contributed by atoms with Gasteiger partial charge in [-0.15, -0.1) is 11.3 Å². The summed E-state index contributed by atoms with van der Waals surface area (Å²) in [5, 5.41) is 9.71. The SMILES string of the molecule is C=C/C=C\C(=C/C)c1cc(-n2c3c4ccccc4c(C=C)c(/C=C\C)c3c3c4ccccc4c4c5ccccc5sc4c32)nc(-c2ccccc2)n1. The van der Waals surface area contributed by atoms with Crippen LogP contribution in [0.25, 0.3) is 98.5 Å². The summed E-state index contributed by atoms with van der Waals surface area (Å²) >= 11 is 1.86. The third-order valence-corrected chi connectivity index (χ3v) is 11.2. The first-order valence-corrected chi connectivity index (χ1v) is 18.4. The molecule has 52 heavy (non-hydrogen) atoms. The van der Waals surface area contributed by atoms with E-state index in [1.807, 2.05) is 48.6 Å². The van der Waals surface area contributed by atoms with Gasteiger partial charge in [-0.2, -0.15) is 0 Å². The fraction of sp³-hybridized carbons (Fsp3) is 0.0417. The summed E-state index contributed by atoms with van der Waals surface area (Å²) < 4.78 is 4.93. The topological polar surface area (TPSA) is 30.7 Å². The molecule has 0 aliphatic heterocycles. The molecule has 248 valence electrons. The Kier molecular flexibility index (Phi) is 7.75. The van der Waals surface area contributed by atoms with Crippen LogP contribution < -0.4 is 0 Å². The molecule has 9 aromatic rings. The molecule has 0 fully saturated rings. The van der Waals surface area contributed by atoms with Gasteiger partial charge >= 0.3 is 0 Å². The molecule has 0 bridgehead atoms. The van der Waals surface area contributed by atoms with E-state index in [1.165, 1.54) is 41.7 Å². The van der Waals surface area contributed by atoms with Crippen LogP contribution in [0.2, 0.25) is 0 Å². The van der Waals surface area contributed by atoms with Gasteiger partial charge in [-0.25, -0.2) is 9.97 Å². The van der Waals surface area contributed by atoms with Gasteiger partial charge in [0.2, 0.25) is 0 Å². The predicted octanol–water partition coefficient (Wildman–Crippen LogP) is 13.7. The number of rotatable bonds is 7. The van der Waals surface area contributed by atoms with E-state index >= 15 is 0 Å². The summed E-state index contributed by atoms with van der Waals surface area (Å²) in [6.07, 6.45) is 14.3. The summed E-state index contributed by atoms with van der Waals surface area (Å²) in [6, 6.07) is 38.8. The lowest BCUT2D eigenvalue weighted by Gasteiger charge is -2.15. The van der Waals surface area contributed by atoms with E-state index in [0.717, 1.165) is 55.6 Å². The summed E-state index contributed by atoms with van der Waals surface area (Å²) in [7, 11) is 0. The Labute approximate surface area is 306 Å². The molecule has 0 saturated heterocycles. The average molecular weight is 686 g/mol. The highest BCUT2D eigenvalue weighted by Crippen LogP contribution is 2.50. The normalized spacial score (nSPS) is 12.5. The predicted molar refractivity (Wildman–Crippen MR) is 227 cm³/mol. The van der Waals surface area contributed by atoms with Gasteiger partial charge in [-0.3, -0.25) is 4.57 Å². The van der Waals surface area contributed by atoms with E-state index in [-0.39, 0.29) is 0 Å². The zero-order valence-corrected chi connectivity index (χ0v) is 29.9. The molecule has 4 heteroatoms. The van der Waals surface area contributed by atoms with Crippen LogP contribution in [0.3, 0.4) is 0 Å². The maximum atomic E-state index is 5.46. The van der Waals surface area contributed by atoms with Crippen molar-refractivity contribution in [1.82, 2.24) is 14.5 Å². The molecule has 0 amide bonds. The molecule has 0 aliphatic carbocycles. The molecular weight excluding hydrogens is 651 g/mol. The van der Waals surface area contributed by atoms with Crippen LogP contribution >= 0.6 is 11.3 Å². The molecule has 0 N–H and O–H groups in total. The summed E-state index contributed by atoms with van der Waals surface area (Å²) in [4.78, 5) is 10.6. The van der Waals surface area contributed by atoms with Gasteiger partial charge in [0.15, 0.2) is 5.82 Å². The van der Waals surface area contributed by atoms with E-state index in [0.29, 0.717) is 5.82 Å².